The number of nitrogens with zero attached hydrogens (tertiary/aromatic N) is 3. The van der Waals surface area contributed by atoms with E-state index in [0.29, 0.717) is 5.13 Å². The summed E-state index contributed by atoms with van der Waals surface area (Å²) in [4.78, 5) is 19.7. The van der Waals surface area contributed by atoms with Gasteiger partial charge in [-0.15, -0.1) is 0 Å². The molecule has 0 unspecified atom stereocenters. The topological polar surface area (TPSA) is 61.4 Å². The average Bonchev–Trinajstić information content (AvgIpc) is 2.31. The lowest BCUT2D eigenvalue weighted by Crippen LogP contribution is -2.07. The van der Waals surface area contributed by atoms with E-state index >= 15 is 0 Å². The molecule has 0 saturated heterocycles. The fourth-order valence-corrected chi connectivity index (χ4v) is 0.895. The molecule has 1 rings (SSSR count). The van der Waals surface area contributed by atoms with Gasteiger partial charge in [0.1, 0.15) is 0 Å². The van der Waals surface area contributed by atoms with Crippen LogP contribution < -0.4 is 5.69 Å². The minimum Gasteiger partial charge on any atom is -0.369 e. The Morgan fingerprint density at radius 1 is 1.73 bits per heavy atom. The van der Waals surface area contributed by atoms with Crippen molar-refractivity contribution >= 4 is 23.0 Å². The number of aromatic amines is 1. The van der Waals surface area contributed by atoms with Gasteiger partial charge in [-0.05, 0) is 11.5 Å². The first-order valence-corrected chi connectivity index (χ1v) is 3.76. The van der Waals surface area contributed by atoms with Gasteiger partial charge in [0.25, 0.3) is 0 Å². The number of H-pyrrole nitrogens is 1. The third-order valence-electron chi connectivity index (χ3n) is 0.826. The summed E-state index contributed by atoms with van der Waals surface area (Å²) in [5.74, 6) is 0. The predicted molar refractivity (Wildman–Crippen MR) is 44.6 cm³/mol. The second-order valence-corrected chi connectivity index (χ2v) is 2.89. The minimum atomic E-state index is -0.346. The van der Waals surface area contributed by atoms with Gasteiger partial charge < -0.3 is 4.90 Å². The standard InChI is InChI=1S/C5H8N4OS/c1-9(2)3-6-5-7-4(10)8-11-5/h3H,1-2H3,(H,8,10). The van der Waals surface area contributed by atoms with Gasteiger partial charge in [0.05, 0.1) is 6.34 Å². The highest BCUT2D eigenvalue weighted by atomic mass is 32.1. The van der Waals surface area contributed by atoms with Gasteiger partial charge in [-0.1, -0.05) is 0 Å². The highest BCUT2D eigenvalue weighted by Gasteiger charge is 1.92. The van der Waals surface area contributed by atoms with Crippen LogP contribution in [-0.2, 0) is 0 Å². The van der Waals surface area contributed by atoms with Gasteiger partial charge in [-0.2, -0.15) is 4.98 Å². The molecule has 0 atom stereocenters. The molecule has 60 valence electrons. The van der Waals surface area contributed by atoms with E-state index in [2.05, 4.69) is 14.3 Å². The molecule has 1 N–H and O–H groups in total. The third-order valence-corrected chi connectivity index (χ3v) is 1.48. The van der Waals surface area contributed by atoms with E-state index in [4.69, 9.17) is 0 Å². The fraction of sp³-hybridized carbons (Fsp3) is 0.400. The summed E-state index contributed by atoms with van der Waals surface area (Å²) in [7, 11) is 3.69. The van der Waals surface area contributed by atoms with Crippen LogP contribution in [0.4, 0.5) is 5.13 Å². The first kappa shape index (κ1) is 7.93. The Morgan fingerprint density at radius 3 is 2.91 bits per heavy atom. The number of hydrogen-bond donors (Lipinski definition) is 1. The zero-order chi connectivity index (χ0) is 8.27. The van der Waals surface area contributed by atoms with E-state index in [1.165, 1.54) is 0 Å². The molecule has 0 saturated carbocycles. The summed E-state index contributed by atoms with van der Waals surface area (Å²) in [6.45, 7) is 0. The van der Waals surface area contributed by atoms with Crippen molar-refractivity contribution in [3.63, 3.8) is 0 Å². The number of aliphatic imine (C=N–C) groups is 1. The highest BCUT2D eigenvalue weighted by Crippen LogP contribution is 2.07. The lowest BCUT2D eigenvalue weighted by molar-refractivity contribution is 0.643. The van der Waals surface area contributed by atoms with E-state index in [1.54, 1.807) is 11.2 Å². The number of rotatable bonds is 2. The van der Waals surface area contributed by atoms with Crippen molar-refractivity contribution in [1.29, 1.82) is 0 Å². The first-order valence-electron chi connectivity index (χ1n) is 2.94. The lowest BCUT2D eigenvalue weighted by Gasteiger charge is -1.99. The molecule has 6 heteroatoms. The first-order chi connectivity index (χ1) is 5.18. The summed E-state index contributed by atoms with van der Waals surface area (Å²) in [5.41, 5.74) is -0.346. The van der Waals surface area contributed by atoms with Crippen molar-refractivity contribution in [2.24, 2.45) is 4.99 Å². The zero-order valence-corrected chi connectivity index (χ0v) is 7.05. The Kier molecular flexibility index (Phi) is 2.37. The van der Waals surface area contributed by atoms with Crippen molar-refractivity contribution in [2.75, 3.05) is 14.1 Å². The molecule has 0 spiro atoms. The SMILES string of the molecule is CN(C)C=Nc1nc(=O)[nH]s1. The molecule has 0 amide bonds. The molecule has 0 aliphatic heterocycles. The van der Waals surface area contributed by atoms with Gasteiger partial charge in [-0.3, -0.25) is 4.37 Å². The maximum atomic E-state index is 10.5. The van der Waals surface area contributed by atoms with E-state index < -0.39 is 0 Å². The van der Waals surface area contributed by atoms with Crippen LogP contribution in [0.15, 0.2) is 9.79 Å². The quantitative estimate of drug-likeness (QED) is 0.506. The summed E-state index contributed by atoms with van der Waals surface area (Å²) >= 11 is 1.12. The summed E-state index contributed by atoms with van der Waals surface area (Å²) in [6.07, 6.45) is 1.59. The Hall–Kier alpha value is -1.17. The van der Waals surface area contributed by atoms with Gasteiger partial charge in [0.2, 0.25) is 5.13 Å². The molecule has 0 fully saturated rings. The van der Waals surface area contributed by atoms with Crippen LogP contribution in [0.5, 0.6) is 0 Å². The molecule has 1 heterocycles. The van der Waals surface area contributed by atoms with Crippen LogP contribution in [0.2, 0.25) is 0 Å². The average molecular weight is 172 g/mol. The third kappa shape index (κ3) is 2.50. The smallest absolute Gasteiger partial charge is 0.357 e. The minimum absolute atomic E-state index is 0.346. The zero-order valence-electron chi connectivity index (χ0n) is 6.24. The second kappa shape index (κ2) is 3.29. The maximum Gasteiger partial charge on any atom is 0.357 e. The summed E-state index contributed by atoms with van der Waals surface area (Å²) in [6, 6.07) is 0. The molecule has 0 aromatic carbocycles. The Labute approximate surface area is 67.6 Å². The number of hydrogen-bond acceptors (Lipinski definition) is 4. The molecule has 11 heavy (non-hydrogen) atoms. The van der Waals surface area contributed by atoms with Crippen LogP contribution >= 0.6 is 11.5 Å². The van der Waals surface area contributed by atoms with Gasteiger partial charge in [0.15, 0.2) is 0 Å². The molecule has 0 aliphatic rings. The maximum absolute atomic E-state index is 10.5. The second-order valence-electron chi connectivity index (χ2n) is 2.11. The van der Waals surface area contributed by atoms with Crippen LogP contribution in [0.25, 0.3) is 0 Å². The van der Waals surface area contributed by atoms with E-state index in [9.17, 15) is 4.79 Å². The number of aromatic nitrogens is 2. The molecule has 5 nitrogen and oxygen atoms in total. The van der Waals surface area contributed by atoms with Crippen molar-refractivity contribution < 1.29 is 0 Å². The van der Waals surface area contributed by atoms with Gasteiger partial charge in [0, 0.05) is 14.1 Å². The number of nitrogens with one attached hydrogen (secondary N) is 1. The Bertz CT molecular complexity index is 299. The Balaban J connectivity index is 2.72. The molecule has 0 radical (unpaired) electrons. The molecular weight excluding hydrogens is 164 g/mol. The van der Waals surface area contributed by atoms with Crippen molar-refractivity contribution in [3.8, 4) is 0 Å². The van der Waals surface area contributed by atoms with Crippen molar-refractivity contribution in [3.05, 3.63) is 10.5 Å². The summed E-state index contributed by atoms with van der Waals surface area (Å²) in [5, 5.41) is 0.448. The van der Waals surface area contributed by atoms with Crippen LogP contribution in [0.3, 0.4) is 0 Å². The van der Waals surface area contributed by atoms with Crippen molar-refractivity contribution in [2.45, 2.75) is 0 Å². The fourth-order valence-electron chi connectivity index (χ4n) is 0.442. The van der Waals surface area contributed by atoms with Crippen LogP contribution in [0, 0.1) is 0 Å². The van der Waals surface area contributed by atoms with Crippen molar-refractivity contribution in [1.82, 2.24) is 14.3 Å². The highest BCUT2D eigenvalue weighted by molar-refractivity contribution is 7.09. The van der Waals surface area contributed by atoms with Gasteiger partial charge >= 0.3 is 5.69 Å². The van der Waals surface area contributed by atoms with E-state index in [-0.39, 0.29) is 5.69 Å². The molecule has 0 bridgehead atoms. The van der Waals surface area contributed by atoms with Gasteiger partial charge in [-0.25, -0.2) is 9.79 Å². The Morgan fingerprint density at radius 2 is 2.45 bits per heavy atom. The molecule has 1 aromatic heterocycles. The molecule has 1 aromatic rings. The van der Waals surface area contributed by atoms with Crippen LogP contribution in [-0.4, -0.2) is 34.7 Å². The lowest BCUT2D eigenvalue weighted by atomic mass is 10.9. The predicted octanol–water partition coefficient (Wildman–Crippen LogP) is 0.0528. The summed E-state index contributed by atoms with van der Waals surface area (Å²) < 4.78 is 2.44. The normalized spacial score (nSPS) is 10.7. The molecule has 0 aliphatic carbocycles. The van der Waals surface area contributed by atoms with E-state index in [1.807, 2.05) is 14.1 Å². The monoisotopic (exact) mass is 172 g/mol. The van der Waals surface area contributed by atoms with Crippen LogP contribution in [0.1, 0.15) is 0 Å². The van der Waals surface area contributed by atoms with E-state index in [0.717, 1.165) is 11.5 Å². The largest absolute Gasteiger partial charge is 0.369 e. The molecular formula is C5H8N4OS.